The summed E-state index contributed by atoms with van der Waals surface area (Å²) in [6, 6.07) is 7.91. The highest BCUT2D eigenvalue weighted by Gasteiger charge is 2.17. The van der Waals surface area contributed by atoms with Gasteiger partial charge in [0.05, 0.1) is 18.2 Å². The molecule has 7 nitrogen and oxygen atoms in total. The third-order valence-electron chi connectivity index (χ3n) is 3.42. The number of aromatic nitrogens is 3. The van der Waals surface area contributed by atoms with Gasteiger partial charge in [-0.05, 0) is 37.1 Å². The van der Waals surface area contributed by atoms with Crippen molar-refractivity contribution in [1.82, 2.24) is 14.9 Å². The zero-order chi connectivity index (χ0) is 16.8. The lowest BCUT2D eigenvalue weighted by atomic mass is 10.1. The molecule has 1 heterocycles. The van der Waals surface area contributed by atoms with E-state index in [-0.39, 0.29) is 18.1 Å². The van der Waals surface area contributed by atoms with Gasteiger partial charge in [0.2, 0.25) is 11.1 Å². The van der Waals surface area contributed by atoms with Crippen LogP contribution in [-0.2, 0) is 4.79 Å². The standard InChI is InChI=1S/C15H18N6OS/c1-11-4-5-13(8-12(11)2)20(7-3-6-16)14(22)9-23-15-19-18-10-21(15)17/h4-5,8,10H,3,7,9,17H2,1-2H3. The summed E-state index contributed by atoms with van der Waals surface area (Å²) in [6.07, 6.45) is 1.65. The number of hydrogen-bond acceptors (Lipinski definition) is 6. The first-order valence-corrected chi connectivity index (χ1v) is 8.04. The second kappa shape index (κ2) is 7.65. The van der Waals surface area contributed by atoms with Crippen LogP contribution in [0.25, 0.3) is 0 Å². The second-order valence-corrected chi connectivity index (χ2v) is 5.97. The zero-order valence-corrected chi connectivity index (χ0v) is 13.9. The lowest BCUT2D eigenvalue weighted by Crippen LogP contribution is -2.33. The van der Waals surface area contributed by atoms with E-state index < -0.39 is 0 Å². The summed E-state index contributed by atoms with van der Waals surface area (Å²) in [5, 5.41) is 16.8. The Morgan fingerprint density at radius 2 is 2.22 bits per heavy atom. The Morgan fingerprint density at radius 3 is 2.83 bits per heavy atom. The van der Waals surface area contributed by atoms with Crippen LogP contribution in [0.2, 0.25) is 0 Å². The molecule has 0 fully saturated rings. The number of benzene rings is 1. The van der Waals surface area contributed by atoms with Crippen molar-refractivity contribution >= 4 is 23.4 Å². The molecule has 2 N–H and O–H groups in total. The third kappa shape index (κ3) is 4.23. The van der Waals surface area contributed by atoms with Crippen molar-refractivity contribution in [1.29, 1.82) is 5.26 Å². The van der Waals surface area contributed by atoms with Crippen LogP contribution < -0.4 is 10.7 Å². The Kier molecular flexibility index (Phi) is 5.60. The van der Waals surface area contributed by atoms with E-state index in [9.17, 15) is 4.79 Å². The number of nitrogens with two attached hydrogens (primary N) is 1. The van der Waals surface area contributed by atoms with Crippen LogP contribution in [0.3, 0.4) is 0 Å². The number of nitriles is 1. The highest BCUT2D eigenvalue weighted by Crippen LogP contribution is 2.21. The SMILES string of the molecule is Cc1ccc(N(CCC#N)C(=O)CSc2nncn2N)cc1C. The Hall–Kier alpha value is -2.53. The molecule has 0 saturated heterocycles. The number of aryl methyl sites for hydroxylation is 2. The largest absolute Gasteiger partial charge is 0.336 e. The van der Waals surface area contributed by atoms with Crippen molar-refractivity contribution in [2.75, 3.05) is 23.0 Å². The van der Waals surface area contributed by atoms with Crippen LogP contribution in [0, 0.1) is 25.2 Å². The number of hydrogen-bond donors (Lipinski definition) is 1. The Bertz CT molecular complexity index is 736. The summed E-state index contributed by atoms with van der Waals surface area (Å²) in [5.74, 6) is 5.71. The summed E-state index contributed by atoms with van der Waals surface area (Å²) < 4.78 is 1.27. The number of anilines is 1. The fourth-order valence-electron chi connectivity index (χ4n) is 1.99. The molecular formula is C15H18N6OS. The Balaban J connectivity index is 2.13. The van der Waals surface area contributed by atoms with Gasteiger partial charge in [0.1, 0.15) is 6.33 Å². The highest BCUT2D eigenvalue weighted by atomic mass is 32.2. The lowest BCUT2D eigenvalue weighted by molar-refractivity contribution is -0.116. The van der Waals surface area contributed by atoms with Gasteiger partial charge in [-0.3, -0.25) is 4.79 Å². The van der Waals surface area contributed by atoms with Crippen molar-refractivity contribution in [3.8, 4) is 6.07 Å². The summed E-state index contributed by atoms with van der Waals surface area (Å²) >= 11 is 1.22. The van der Waals surface area contributed by atoms with Gasteiger partial charge in [-0.15, -0.1) is 10.2 Å². The molecule has 0 bridgehead atoms. The third-order valence-corrected chi connectivity index (χ3v) is 4.36. The molecule has 0 aliphatic heterocycles. The molecule has 0 aliphatic rings. The van der Waals surface area contributed by atoms with Crippen molar-refractivity contribution in [3.05, 3.63) is 35.7 Å². The van der Waals surface area contributed by atoms with Gasteiger partial charge in [0.25, 0.3) is 0 Å². The fourth-order valence-corrected chi connectivity index (χ4v) is 2.70. The molecular weight excluding hydrogens is 312 g/mol. The highest BCUT2D eigenvalue weighted by molar-refractivity contribution is 7.99. The molecule has 1 aromatic heterocycles. The van der Waals surface area contributed by atoms with E-state index in [0.717, 1.165) is 16.8 Å². The summed E-state index contributed by atoms with van der Waals surface area (Å²) in [7, 11) is 0. The molecule has 0 radical (unpaired) electrons. The van der Waals surface area contributed by atoms with Gasteiger partial charge in [-0.2, -0.15) is 5.26 Å². The van der Waals surface area contributed by atoms with Gasteiger partial charge in [0, 0.05) is 12.2 Å². The van der Waals surface area contributed by atoms with Gasteiger partial charge in [-0.25, -0.2) is 4.68 Å². The first-order valence-electron chi connectivity index (χ1n) is 7.05. The predicted octanol–water partition coefficient (Wildman–Crippen LogP) is 1.65. The quantitative estimate of drug-likeness (QED) is 0.638. The monoisotopic (exact) mass is 330 g/mol. The van der Waals surface area contributed by atoms with Crippen LogP contribution in [-0.4, -0.2) is 33.1 Å². The van der Waals surface area contributed by atoms with Crippen LogP contribution in [0.4, 0.5) is 5.69 Å². The molecule has 1 aromatic carbocycles. The molecule has 0 saturated carbocycles. The van der Waals surface area contributed by atoms with E-state index in [4.69, 9.17) is 11.1 Å². The number of rotatable bonds is 6. The number of carbonyl (C=O) groups is 1. The summed E-state index contributed by atoms with van der Waals surface area (Å²) in [6.45, 7) is 4.37. The molecule has 1 amide bonds. The molecule has 0 spiro atoms. The van der Waals surface area contributed by atoms with Crippen molar-refractivity contribution in [3.63, 3.8) is 0 Å². The minimum atomic E-state index is -0.100. The molecule has 8 heteroatoms. The summed E-state index contributed by atoms with van der Waals surface area (Å²) in [4.78, 5) is 14.2. The molecule has 120 valence electrons. The van der Waals surface area contributed by atoms with E-state index in [0.29, 0.717) is 11.7 Å². The van der Waals surface area contributed by atoms with E-state index in [2.05, 4.69) is 16.3 Å². The normalized spacial score (nSPS) is 10.3. The van der Waals surface area contributed by atoms with E-state index in [1.165, 1.54) is 22.8 Å². The van der Waals surface area contributed by atoms with E-state index >= 15 is 0 Å². The van der Waals surface area contributed by atoms with Crippen LogP contribution in [0.1, 0.15) is 17.5 Å². The first-order chi connectivity index (χ1) is 11.0. The van der Waals surface area contributed by atoms with E-state index in [1.807, 2.05) is 32.0 Å². The van der Waals surface area contributed by atoms with Gasteiger partial charge in [0.15, 0.2) is 0 Å². The van der Waals surface area contributed by atoms with Crippen LogP contribution in [0.15, 0.2) is 29.7 Å². The maximum Gasteiger partial charge on any atom is 0.237 e. The first kappa shape index (κ1) is 16.8. The Labute approximate surface area is 139 Å². The molecule has 23 heavy (non-hydrogen) atoms. The maximum atomic E-state index is 12.5. The molecule has 0 atom stereocenters. The average molecular weight is 330 g/mol. The Morgan fingerprint density at radius 1 is 1.43 bits per heavy atom. The number of nitrogens with zero attached hydrogens (tertiary/aromatic N) is 5. The van der Waals surface area contributed by atoms with Gasteiger partial charge in [-0.1, -0.05) is 17.8 Å². The number of thioether (sulfide) groups is 1. The van der Waals surface area contributed by atoms with Crippen molar-refractivity contribution < 1.29 is 4.79 Å². The minimum Gasteiger partial charge on any atom is -0.336 e. The smallest absolute Gasteiger partial charge is 0.237 e. The second-order valence-electron chi connectivity index (χ2n) is 5.03. The van der Waals surface area contributed by atoms with Crippen molar-refractivity contribution in [2.24, 2.45) is 0 Å². The van der Waals surface area contributed by atoms with Gasteiger partial charge >= 0.3 is 0 Å². The van der Waals surface area contributed by atoms with Crippen LogP contribution >= 0.6 is 11.8 Å². The molecule has 0 unspecified atom stereocenters. The number of amides is 1. The van der Waals surface area contributed by atoms with E-state index in [1.54, 1.807) is 4.90 Å². The fraction of sp³-hybridized carbons (Fsp3) is 0.333. The summed E-state index contributed by atoms with van der Waals surface area (Å²) in [5.41, 5.74) is 3.06. The maximum absolute atomic E-state index is 12.5. The lowest BCUT2D eigenvalue weighted by Gasteiger charge is -2.22. The predicted molar refractivity (Wildman–Crippen MR) is 89.4 cm³/mol. The average Bonchev–Trinajstić information content (AvgIpc) is 2.94. The number of nitrogen functional groups attached to an aromatic ring is 1. The zero-order valence-electron chi connectivity index (χ0n) is 13.1. The molecule has 2 aromatic rings. The topological polar surface area (TPSA) is 101 Å². The number of carbonyl (C=O) groups excluding carboxylic acids is 1. The van der Waals surface area contributed by atoms with Crippen LogP contribution in [0.5, 0.6) is 0 Å². The van der Waals surface area contributed by atoms with Gasteiger partial charge < -0.3 is 10.7 Å². The molecule has 0 aliphatic carbocycles. The van der Waals surface area contributed by atoms with Crippen molar-refractivity contribution in [2.45, 2.75) is 25.4 Å². The molecule has 2 rings (SSSR count). The minimum absolute atomic E-state index is 0.100.